The van der Waals surface area contributed by atoms with Crippen LogP contribution in [0.5, 0.6) is 0 Å². The van der Waals surface area contributed by atoms with Crippen LogP contribution in [0.15, 0.2) is 69.4 Å². The van der Waals surface area contributed by atoms with E-state index in [1.807, 2.05) is 30.8 Å². The summed E-state index contributed by atoms with van der Waals surface area (Å²) >= 11 is 0. The molecule has 4 aromatic rings. The molecular weight excluding hydrogens is 763 g/mol. The molecule has 0 amide bonds. The van der Waals surface area contributed by atoms with Gasteiger partial charge in [0, 0.05) is 53.0 Å². The summed E-state index contributed by atoms with van der Waals surface area (Å²) in [6, 6.07) is 2.62. The second kappa shape index (κ2) is 26.3. The van der Waals surface area contributed by atoms with Crippen molar-refractivity contribution >= 4 is 5.71 Å². The molecule has 2 aliphatic heterocycles. The molecule has 1 saturated heterocycles. The molecule has 4 aromatic heterocycles. The first-order valence-corrected chi connectivity index (χ1v) is 22.1. The van der Waals surface area contributed by atoms with Gasteiger partial charge in [0.2, 0.25) is 0 Å². The van der Waals surface area contributed by atoms with Gasteiger partial charge in [-0.1, -0.05) is 129 Å². The fourth-order valence-corrected chi connectivity index (χ4v) is 5.63. The zero-order valence-electron chi connectivity index (χ0n) is 42.4. The van der Waals surface area contributed by atoms with E-state index in [1.165, 1.54) is 25.8 Å². The molecule has 2 aliphatic rings. The van der Waals surface area contributed by atoms with Gasteiger partial charge in [0.1, 0.15) is 18.6 Å². The summed E-state index contributed by atoms with van der Waals surface area (Å²) in [6.45, 7) is 48.1. The van der Waals surface area contributed by atoms with Gasteiger partial charge in [-0.25, -0.2) is 15.0 Å². The number of rotatable bonds is 2. The van der Waals surface area contributed by atoms with Gasteiger partial charge < -0.3 is 4.42 Å². The van der Waals surface area contributed by atoms with Crippen LogP contribution in [0.25, 0.3) is 0 Å². The Labute approximate surface area is 371 Å². The maximum absolute atomic E-state index is 5.09. The van der Waals surface area contributed by atoms with Gasteiger partial charge in [0.05, 0.1) is 30.0 Å². The Morgan fingerprint density at radius 1 is 0.738 bits per heavy atom. The number of nitrogens with one attached hydrogen (secondary N) is 1. The second-order valence-corrected chi connectivity index (χ2v) is 21.7. The first-order chi connectivity index (χ1) is 28.0. The van der Waals surface area contributed by atoms with Crippen LogP contribution < -0.4 is 0 Å². The standard InChI is InChI=1S/C10H21N.C8H12N2.2C7H13N3.C7H11NO.C6H11N3.C2H6/c1-9-7-5-6-8-11(9)10(2,3)4;1-8(2,3)7-9-5-4-6-10-7;1-7(2,3)4-6-5-8-10-9-6;1-7(2,3)6-10-5-4-8-9-10;1-7(2,3)6-8-4-5-9-6;1-6(2,3)5-4-7-9-8-5;1-2/h9H,5-8H2,1-4H3;4-6H,1-3H3;5H,4H2,1-3H3,(H,8,9,10);4-5H,6H2,1-3H3;4-5H,1-3H3;4H2,1-3H3;1-2H3. The minimum absolute atomic E-state index is 0.0451. The summed E-state index contributed by atoms with van der Waals surface area (Å²) in [5, 5.41) is 29.1. The summed E-state index contributed by atoms with van der Waals surface area (Å²) in [7, 11) is 0. The molecule has 61 heavy (non-hydrogen) atoms. The van der Waals surface area contributed by atoms with E-state index in [-0.39, 0.29) is 21.7 Å². The van der Waals surface area contributed by atoms with Crippen molar-refractivity contribution in [3.8, 4) is 0 Å². The van der Waals surface area contributed by atoms with Crippen molar-refractivity contribution in [1.29, 1.82) is 0 Å². The third-order valence-corrected chi connectivity index (χ3v) is 8.57. The van der Waals surface area contributed by atoms with Gasteiger partial charge in [0.25, 0.3) is 0 Å². The zero-order valence-corrected chi connectivity index (χ0v) is 42.4. The van der Waals surface area contributed by atoms with Gasteiger partial charge in [-0.15, -0.1) is 10.2 Å². The predicted molar refractivity (Wildman–Crippen MR) is 253 cm³/mol. The van der Waals surface area contributed by atoms with Crippen LogP contribution >= 0.6 is 0 Å². The fourth-order valence-electron chi connectivity index (χ4n) is 5.63. The Balaban J connectivity index is 0.000000703. The summed E-state index contributed by atoms with van der Waals surface area (Å²) in [4.78, 5) is 14.9. The number of aromatic nitrogens is 9. The lowest BCUT2D eigenvalue weighted by Crippen LogP contribution is -2.49. The summed E-state index contributed by atoms with van der Waals surface area (Å²) in [6.07, 6.45) is 17.3. The molecule has 346 valence electrons. The van der Waals surface area contributed by atoms with Crippen LogP contribution in [-0.4, -0.2) is 80.6 Å². The molecule has 1 fully saturated rings. The molecule has 1 atom stereocenters. The lowest BCUT2D eigenvalue weighted by molar-refractivity contribution is 0.0609. The van der Waals surface area contributed by atoms with Crippen LogP contribution in [0.4, 0.5) is 0 Å². The fraction of sp³-hybridized carbons (Fsp3) is 0.745. The number of hydrogen-bond donors (Lipinski definition) is 1. The van der Waals surface area contributed by atoms with Crippen LogP contribution in [0.1, 0.15) is 182 Å². The number of aromatic amines is 1. The van der Waals surface area contributed by atoms with Gasteiger partial charge >= 0.3 is 0 Å². The molecule has 0 radical (unpaired) electrons. The molecule has 0 saturated carbocycles. The highest BCUT2D eigenvalue weighted by Crippen LogP contribution is 2.25. The monoisotopic (exact) mass is 850 g/mol. The summed E-state index contributed by atoms with van der Waals surface area (Å²) < 4.78 is 6.93. The Kier molecular flexibility index (Phi) is 24.5. The number of oxazole rings is 1. The van der Waals surface area contributed by atoms with Gasteiger partial charge in [-0.2, -0.15) is 20.5 Å². The average Bonchev–Trinajstić information content (AvgIpc) is 3.98. The largest absolute Gasteiger partial charge is 0.448 e. The topological polar surface area (TPSA) is 164 Å². The SMILES string of the molecule is CC.CC(C)(C)C1=NN=NC1.CC(C)(C)Cc1cn[nH]n1.CC(C)(C)Cn1ccnn1.CC(C)(C)c1ncccn1.CC(C)(C)c1ncco1.CC1CCCCN1C(C)(C)C. The van der Waals surface area contributed by atoms with Crippen LogP contribution in [0.3, 0.4) is 0 Å². The molecular formula is C47H87N13O. The molecule has 14 nitrogen and oxygen atoms in total. The maximum Gasteiger partial charge on any atom is 0.199 e. The Bertz CT molecular complexity index is 1640. The molecule has 1 unspecified atom stereocenters. The third kappa shape index (κ3) is 27.4. The molecule has 6 rings (SSSR count). The van der Waals surface area contributed by atoms with E-state index in [2.05, 4.69) is 193 Å². The summed E-state index contributed by atoms with van der Waals surface area (Å²) in [5.41, 5.74) is 3.33. The van der Waals surface area contributed by atoms with Crippen molar-refractivity contribution in [3.63, 3.8) is 0 Å². The highest BCUT2D eigenvalue weighted by Gasteiger charge is 2.28. The van der Waals surface area contributed by atoms with Crippen LogP contribution in [-0.2, 0) is 23.8 Å². The molecule has 0 aliphatic carbocycles. The average molecular weight is 850 g/mol. The Morgan fingerprint density at radius 3 is 1.67 bits per heavy atom. The molecule has 0 spiro atoms. The minimum atomic E-state index is 0.0451. The van der Waals surface area contributed by atoms with Crippen molar-refractivity contribution in [2.45, 2.75) is 200 Å². The number of H-pyrrole nitrogens is 1. The van der Waals surface area contributed by atoms with Crippen molar-refractivity contribution in [1.82, 2.24) is 50.3 Å². The first-order valence-electron chi connectivity index (χ1n) is 22.1. The van der Waals surface area contributed by atoms with E-state index in [9.17, 15) is 0 Å². The van der Waals surface area contributed by atoms with E-state index in [1.54, 1.807) is 37.2 Å². The Morgan fingerprint density at radius 2 is 1.36 bits per heavy atom. The van der Waals surface area contributed by atoms with Crippen molar-refractivity contribution in [2.75, 3.05) is 13.1 Å². The predicted octanol–water partition coefficient (Wildman–Crippen LogP) is 12.0. The lowest BCUT2D eigenvalue weighted by atomic mass is 9.90. The molecule has 0 aromatic carbocycles. The normalized spacial score (nSPS) is 15.6. The van der Waals surface area contributed by atoms with Crippen LogP contribution in [0, 0.1) is 16.2 Å². The number of hydrogen-bond acceptors (Lipinski definition) is 12. The van der Waals surface area contributed by atoms with E-state index in [0.717, 1.165) is 42.1 Å². The first kappa shape index (κ1) is 56.8. The maximum atomic E-state index is 5.09. The van der Waals surface area contributed by atoms with Gasteiger partial charge in [-0.3, -0.25) is 9.58 Å². The molecule has 14 heteroatoms. The van der Waals surface area contributed by atoms with E-state index < -0.39 is 0 Å². The molecule has 0 bridgehead atoms. The van der Waals surface area contributed by atoms with Crippen molar-refractivity contribution < 1.29 is 4.42 Å². The molecule has 1 N–H and O–H groups in total. The van der Waals surface area contributed by atoms with Crippen molar-refractivity contribution in [2.24, 2.45) is 31.7 Å². The smallest absolute Gasteiger partial charge is 0.199 e. The number of nitrogens with zero attached hydrogens (tertiary/aromatic N) is 12. The summed E-state index contributed by atoms with van der Waals surface area (Å²) in [5.74, 6) is 1.69. The number of likely N-dealkylation sites (tertiary alicyclic amines) is 1. The third-order valence-electron chi connectivity index (χ3n) is 8.57. The van der Waals surface area contributed by atoms with Gasteiger partial charge in [0.15, 0.2) is 5.89 Å². The van der Waals surface area contributed by atoms with Crippen LogP contribution in [0.2, 0.25) is 0 Å². The van der Waals surface area contributed by atoms with E-state index in [0.29, 0.717) is 17.5 Å². The quantitative estimate of drug-likeness (QED) is 0.207. The molecule has 6 heterocycles. The second-order valence-electron chi connectivity index (χ2n) is 21.7. The van der Waals surface area contributed by atoms with Crippen molar-refractivity contribution in [3.05, 3.63) is 66.9 Å². The highest BCUT2D eigenvalue weighted by molar-refractivity contribution is 5.91. The Hall–Kier alpha value is -4.20. The van der Waals surface area contributed by atoms with Gasteiger partial charge in [-0.05, 0) is 75.6 Å². The minimum Gasteiger partial charge on any atom is -0.448 e. The van der Waals surface area contributed by atoms with E-state index in [4.69, 9.17) is 4.42 Å². The highest BCUT2D eigenvalue weighted by atomic mass is 16.3. The van der Waals surface area contributed by atoms with E-state index >= 15 is 0 Å². The number of piperidine rings is 1. The zero-order chi connectivity index (χ0) is 47.1. The lowest BCUT2D eigenvalue weighted by Gasteiger charge is -2.43.